The summed E-state index contributed by atoms with van der Waals surface area (Å²) in [5, 5.41) is 9.29. The minimum Gasteiger partial charge on any atom is -0.481 e. The first kappa shape index (κ1) is 18.8. The normalized spacial score (nSPS) is 21.6. The number of nitrogens with two attached hydrogens (primary N) is 1. The fourth-order valence-electron chi connectivity index (χ4n) is 3.16. The van der Waals surface area contributed by atoms with Crippen LogP contribution in [-0.2, 0) is 11.3 Å². The number of hydrogen-bond acceptors (Lipinski definition) is 5. The zero-order valence-electron chi connectivity index (χ0n) is 15.2. The van der Waals surface area contributed by atoms with Crippen LogP contribution in [0.5, 0.6) is 0 Å². The second kappa shape index (κ2) is 7.59. The van der Waals surface area contributed by atoms with E-state index in [0.717, 1.165) is 38.3 Å². The number of aliphatic carboxylic acids is 1. The number of rotatable bonds is 6. The van der Waals surface area contributed by atoms with Gasteiger partial charge in [0, 0.05) is 38.4 Å². The lowest BCUT2D eigenvalue weighted by atomic mass is 9.83. The van der Waals surface area contributed by atoms with Crippen molar-refractivity contribution in [2.45, 2.75) is 46.3 Å². The van der Waals surface area contributed by atoms with Gasteiger partial charge >= 0.3 is 5.97 Å². The van der Waals surface area contributed by atoms with Crippen LogP contribution in [0.3, 0.4) is 0 Å². The number of likely N-dealkylation sites (N-methyl/N-ethyl adjacent to an activating group) is 1. The number of hydrogen-bond donors (Lipinski definition) is 2. The molecule has 1 aromatic rings. The number of carboxylic acids is 1. The van der Waals surface area contributed by atoms with Crippen LogP contribution in [0.15, 0.2) is 18.3 Å². The number of pyridine rings is 1. The third-order valence-corrected chi connectivity index (χ3v) is 5.16. The quantitative estimate of drug-likeness (QED) is 0.824. The van der Waals surface area contributed by atoms with E-state index in [1.165, 1.54) is 0 Å². The molecule has 2 rings (SSSR count). The summed E-state index contributed by atoms with van der Waals surface area (Å²) < 4.78 is 0. The highest BCUT2D eigenvalue weighted by Gasteiger charge is 2.36. The molecule has 2 heterocycles. The van der Waals surface area contributed by atoms with Crippen LogP contribution in [-0.4, -0.2) is 58.1 Å². The SMILES string of the molecule is CCN1CCN(Cc2ccc(C(N)C(C)(C)C(=O)O)nc2)C[C@H]1C. The Labute approximate surface area is 144 Å². The third kappa shape index (κ3) is 4.12. The second-order valence-corrected chi connectivity index (χ2v) is 7.31. The monoisotopic (exact) mass is 334 g/mol. The number of piperazine rings is 1. The Morgan fingerprint density at radius 2 is 2.17 bits per heavy atom. The summed E-state index contributed by atoms with van der Waals surface area (Å²) in [6.07, 6.45) is 1.82. The van der Waals surface area contributed by atoms with Crippen LogP contribution >= 0.6 is 0 Å². The van der Waals surface area contributed by atoms with Crippen molar-refractivity contribution in [1.29, 1.82) is 0 Å². The average Bonchev–Trinajstić information content (AvgIpc) is 2.55. The molecule has 134 valence electrons. The molecule has 6 heteroatoms. The molecule has 24 heavy (non-hydrogen) atoms. The fraction of sp³-hybridized carbons (Fsp3) is 0.667. The molecule has 0 spiro atoms. The molecule has 0 bridgehead atoms. The molecule has 1 fully saturated rings. The van der Waals surface area contributed by atoms with Gasteiger partial charge in [-0.25, -0.2) is 0 Å². The van der Waals surface area contributed by atoms with E-state index < -0.39 is 17.4 Å². The van der Waals surface area contributed by atoms with E-state index in [4.69, 9.17) is 5.73 Å². The molecule has 0 radical (unpaired) electrons. The van der Waals surface area contributed by atoms with Crippen molar-refractivity contribution in [2.75, 3.05) is 26.2 Å². The zero-order chi connectivity index (χ0) is 17.9. The molecule has 1 aromatic heterocycles. The van der Waals surface area contributed by atoms with Crippen molar-refractivity contribution in [3.8, 4) is 0 Å². The smallest absolute Gasteiger partial charge is 0.311 e. The lowest BCUT2D eigenvalue weighted by Crippen LogP contribution is -2.51. The molecule has 0 aromatic carbocycles. The van der Waals surface area contributed by atoms with Crippen LogP contribution in [0.1, 0.15) is 45.0 Å². The second-order valence-electron chi connectivity index (χ2n) is 7.31. The summed E-state index contributed by atoms with van der Waals surface area (Å²) in [6.45, 7) is 12.9. The van der Waals surface area contributed by atoms with Gasteiger partial charge in [-0.2, -0.15) is 0 Å². The predicted molar refractivity (Wildman–Crippen MR) is 94.6 cm³/mol. The maximum Gasteiger partial charge on any atom is 0.311 e. The Kier molecular flexibility index (Phi) is 5.96. The first-order chi connectivity index (χ1) is 11.3. The standard InChI is InChI=1S/C18H30N4O2/c1-5-22-9-8-21(11-13(22)2)12-14-6-7-15(20-10-14)16(19)18(3,4)17(23)24/h6-7,10,13,16H,5,8-9,11-12,19H2,1-4H3,(H,23,24)/t13-,16?/m1/s1. The average molecular weight is 334 g/mol. The van der Waals surface area contributed by atoms with E-state index in [9.17, 15) is 9.90 Å². The van der Waals surface area contributed by atoms with Crippen LogP contribution in [0.25, 0.3) is 0 Å². The molecule has 6 nitrogen and oxygen atoms in total. The van der Waals surface area contributed by atoms with Crippen LogP contribution in [0.2, 0.25) is 0 Å². The van der Waals surface area contributed by atoms with Gasteiger partial charge in [-0.15, -0.1) is 0 Å². The molecule has 1 saturated heterocycles. The molecule has 0 amide bonds. The van der Waals surface area contributed by atoms with Gasteiger partial charge in [0.2, 0.25) is 0 Å². The van der Waals surface area contributed by atoms with Gasteiger partial charge in [0.1, 0.15) is 0 Å². The van der Waals surface area contributed by atoms with Crippen molar-refractivity contribution in [1.82, 2.24) is 14.8 Å². The predicted octanol–water partition coefficient (Wildman–Crippen LogP) is 1.72. The molecule has 0 saturated carbocycles. The van der Waals surface area contributed by atoms with Gasteiger partial charge in [0.15, 0.2) is 0 Å². The number of carboxylic acid groups (broad SMARTS) is 1. The Morgan fingerprint density at radius 3 is 2.67 bits per heavy atom. The van der Waals surface area contributed by atoms with E-state index >= 15 is 0 Å². The minimum absolute atomic E-state index is 0.570. The summed E-state index contributed by atoms with van der Waals surface area (Å²) >= 11 is 0. The summed E-state index contributed by atoms with van der Waals surface area (Å²) in [5.41, 5.74) is 6.81. The molecule has 2 atom stereocenters. The summed E-state index contributed by atoms with van der Waals surface area (Å²) in [5.74, 6) is -0.913. The molecule has 1 aliphatic heterocycles. The van der Waals surface area contributed by atoms with Crippen molar-refractivity contribution >= 4 is 5.97 Å². The van der Waals surface area contributed by atoms with Gasteiger partial charge in [-0.1, -0.05) is 13.0 Å². The van der Waals surface area contributed by atoms with Gasteiger partial charge < -0.3 is 10.8 Å². The van der Waals surface area contributed by atoms with E-state index in [0.29, 0.717) is 11.7 Å². The molecular weight excluding hydrogens is 304 g/mol. The van der Waals surface area contributed by atoms with Crippen LogP contribution in [0.4, 0.5) is 0 Å². The number of nitrogens with zero attached hydrogens (tertiary/aromatic N) is 3. The molecule has 0 aliphatic carbocycles. The maximum absolute atomic E-state index is 11.3. The topological polar surface area (TPSA) is 82.7 Å². The Bertz CT molecular complexity index is 559. The zero-order valence-corrected chi connectivity index (χ0v) is 15.2. The lowest BCUT2D eigenvalue weighted by Gasteiger charge is -2.39. The van der Waals surface area contributed by atoms with Crippen molar-refractivity contribution in [3.05, 3.63) is 29.6 Å². The fourth-order valence-corrected chi connectivity index (χ4v) is 3.16. The van der Waals surface area contributed by atoms with E-state index in [1.807, 2.05) is 18.3 Å². The van der Waals surface area contributed by atoms with E-state index in [2.05, 4.69) is 28.6 Å². The Balaban J connectivity index is 1.99. The largest absolute Gasteiger partial charge is 0.481 e. The first-order valence-electron chi connectivity index (χ1n) is 8.66. The maximum atomic E-state index is 11.3. The summed E-state index contributed by atoms with van der Waals surface area (Å²) in [6, 6.07) is 3.81. The number of carbonyl (C=O) groups is 1. The van der Waals surface area contributed by atoms with Crippen molar-refractivity contribution < 1.29 is 9.90 Å². The summed E-state index contributed by atoms with van der Waals surface area (Å²) in [7, 11) is 0. The number of aromatic nitrogens is 1. The van der Waals surface area contributed by atoms with E-state index in [1.54, 1.807) is 13.8 Å². The van der Waals surface area contributed by atoms with E-state index in [-0.39, 0.29) is 0 Å². The molecular formula is C18H30N4O2. The lowest BCUT2D eigenvalue weighted by molar-refractivity contribution is -0.148. The molecule has 1 aliphatic rings. The first-order valence-corrected chi connectivity index (χ1v) is 8.66. The van der Waals surface area contributed by atoms with Gasteiger partial charge in [-0.3, -0.25) is 19.6 Å². The summed E-state index contributed by atoms with van der Waals surface area (Å²) in [4.78, 5) is 20.7. The van der Waals surface area contributed by atoms with Crippen LogP contribution in [0, 0.1) is 5.41 Å². The highest BCUT2D eigenvalue weighted by atomic mass is 16.4. The molecule has 3 N–H and O–H groups in total. The van der Waals surface area contributed by atoms with Crippen molar-refractivity contribution in [2.24, 2.45) is 11.1 Å². The van der Waals surface area contributed by atoms with Gasteiger partial charge in [-0.05, 0) is 38.9 Å². The van der Waals surface area contributed by atoms with Gasteiger partial charge in [0.05, 0.1) is 17.2 Å². The Morgan fingerprint density at radius 1 is 1.46 bits per heavy atom. The highest BCUT2D eigenvalue weighted by molar-refractivity contribution is 5.74. The molecule has 1 unspecified atom stereocenters. The van der Waals surface area contributed by atoms with Gasteiger partial charge in [0.25, 0.3) is 0 Å². The Hall–Kier alpha value is -1.50. The highest BCUT2D eigenvalue weighted by Crippen LogP contribution is 2.30. The van der Waals surface area contributed by atoms with Crippen LogP contribution < -0.4 is 5.73 Å². The third-order valence-electron chi connectivity index (χ3n) is 5.16. The van der Waals surface area contributed by atoms with Crippen molar-refractivity contribution in [3.63, 3.8) is 0 Å². The minimum atomic E-state index is -1.04.